The summed E-state index contributed by atoms with van der Waals surface area (Å²) >= 11 is 1.28. The molecule has 1 aromatic heterocycles. The first-order chi connectivity index (χ1) is 12.3. The maximum absolute atomic E-state index is 12.0. The predicted octanol–water partition coefficient (Wildman–Crippen LogP) is 2.04. The predicted molar refractivity (Wildman–Crippen MR) is 95.2 cm³/mol. The first-order valence-corrected chi connectivity index (χ1v) is 8.94. The Bertz CT molecular complexity index is 833. The maximum atomic E-state index is 12.0. The summed E-state index contributed by atoms with van der Waals surface area (Å²) in [6, 6.07) is 6.45. The molecule has 0 fully saturated rings. The Kier molecular flexibility index (Phi) is 6.90. The van der Waals surface area contributed by atoms with Crippen LogP contribution in [0, 0.1) is 0 Å². The fourth-order valence-electron chi connectivity index (χ4n) is 2.01. The van der Waals surface area contributed by atoms with Crippen molar-refractivity contribution in [1.29, 1.82) is 0 Å². The lowest BCUT2D eigenvalue weighted by Crippen LogP contribution is -2.20. The second-order valence-corrected chi connectivity index (χ2v) is 6.70. The highest BCUT2D eigenvalue weighted by Crippen LogP contribution is 2.18. The fourth-order valence-corrected chi connectivity index (χ4v) is 2.77. The summed E-state index contributed by atoms with van der Waals surface area (Å²) in [6.45, 7) is 3.51. The lowest BCUT2D eigenvalue weighted by Gasteiger charge is -2.07. The fraction of sp³-hybridized carbons (Fsp3) is 0.353. The number of aromatic amines is 1. The Morgan fingerprint density at radius 3 is 2.50 bits per heavy atom. The Hall–Kier alpha value is -2.68. The normalized spacial score (nSPS) is 10.7. The van der Waals surface area contributed by atoms with Gasteiger partial charge in [-0.15, -0.1) is 10.2 Å². The zero-order valence-electron chi connectivity index (χ0n) is 14.4. The molecule has 0 unspecified atom stereocenters. The van der Waals surface area contributed by atoms with E-state index < -0.39 is 5.97 Å². The van der Waals surface area contributed by atoms with Crippen LogP contribution >= 0.6 is 11.8 Å². The summed E-state index contributed by atoms with van der Waals surface area (Å²) in [7, 11) is 0. The molecular formula is C17H19N3O5S. The molecule has 0 spiro atoms. The third kappa shape index (κ3) is 5.99. The van der Waals surface area contributed by atoms with Gasteiger partial charge in [-0.2, -0.15) is 0 Å². The van der Waals surface area contributed by atoms with E-state index in [0.29, 0.717) is 10.9 Å². The van der Waals surface area contributed by atoms with Crippen molar-refractivity contribution in [3.8, 4) is 0 Å². The zero-order chi connectivity index (χ0) is 19.1. The summed E-state index contributed by atoms with van der Waals surface area (Å²) < 4.78 is 5.01. The third-order valence-electron chi connectivity index (χ3n) is 3.25. The smallest absolute Gasteiger partial charge is 0.335 e. The summed E-state index contributed by atoms with van der Waals surface area (Å²) in [5.41, 5.74) is 0.900. The van der Waals surface area contributed by atoms with Gasteiger partial charge in [0.05, 0.1) is 18.1 Å². The van der Waals surface area contributed by atoms with E-state index in [9.17, 15) is 14.4 Å². The highest BCUT2D eigenvalue weighted by atomic mass is 32.2. The van der Waals surface area contributed by atoms with Gasteiger partial charge >= 0.3 is 11.9 Å². The van der Waals surface area contributed by atoms with E-state index in [4.69, 9.17) is 9.84 Å². The van der Waals surface area contributed by atoms with E-state index in [1.165, 1.54) is 23.9 Å². The number of nitrogens with zero attached hydrogens (tertiary/aromatic N) is 2. The molecule has 2 N–H and O–H groups in total. The molecule has 0 radical (unpaired) electrons. The van der Waals surface area contributed by atoms with Crippen LogP contribution in [0.15, 0.2) is 34.2 Å². The van der Waals surface area contributed by atoms with Crippen LogP contribution in [0.25, 0.3) is 0 Å². The van der Waals surface area contributed by atoms with Gasteiger partial charge in [-0.25, -0.2) is 4.79 Å². The number of rotatable bonds is 8. The number of carbonyl (C=O) groups excluding carboxylic acids is 1. The molecule has 2 aromatic rings. The third-order valence-corrected chi connectivity index (χ3v) is 4.19. The highest BCUT2D eigenvalue weighted by molar-refractivity contribution is 7.98. The molecule has 0 saturated heterocycles. The van der Waals surface area contributed by atoms with Gasteiger partial charge in [0.2, 0.25) is 0 Å². The number of nitrogens with one attached hydrogen (secondary N) is 1. The van der Waals surface area contributed by atoms with Crippen LogP contribution in [0.3, 0.4) is 0 Å². The lowest BCUT2D eigenvalue weighted by molar-refractivity contribution is -0.147. The zero-order valence-corrected chi connectivity index (χ0v) is 15.2. The van der Waals surface area contributed by atoms with Gasteiger partial charge in [-0.1, -0.05) is 23.9 Å². The van der Waals surface area contributed by atoms with Crippen LogP contribution in [0.1, 0.15) is 41.9 Å². The number of benzene rings is 1. The monoisotopic (exact) mass is 377 g/mol. The van der Waals surface area contributed by atoms with E-state index in [1.54, 1.807) is 26.0 Å². The molecule has 0 aliphatic rings. The number of aryl methyl sites for hydroxylation is 1. The van der Waals surface area contributed by atoms with Crippen molar-refractivity contribution in [3.63, 3.8) is 0 Å². The maximum Gasteiger partial charge on any atom is 0.335 e. The number of H-pyrrole nitrogens is 1. The quantitative estimate of drug-likeness (QED) is 0.529. The number of hydrogen-bond acceptors (Lipinski definition) is 7. The minimum Gasteiger partial charge on any atom is -0.478 e. The molecule has 1 aromatic carbocycles. The van der Waals surface area contributed by atoms with E-state index in [-0.39, 0.29) is 41.7 Å². The van der Waals surface area contributed by atoms with Gasteiger partial charge in [0.15, 0.2) is 5.16 Å². The van der Waals surface area contributed by atoms with E-state index >= 15 is 0 Å². The van der Waals surface area contributed by atoms with E-state index in [1.807, 2.05) is 0 Å². The topological polar surface area (TPSA) is 122 Å². The van der Waals surface area contributed by atoms with Crippen LogP contribution in [-0.2, 0) is 21.7 Å². The van der Waals surface area contributed by atoms with Crippen LogP contribution in [-0.4, -0.2) is 38.3 Å². The first kappa shape index (κ1) is 19.6. The first-order valence-electron chi connectivity index (χ1n) is 7.95. The average Bonchev–Trinajstić information content (AvgIpc) is 2.59. The van der Waals surface area contributed by atoms with Gasteiger partial charge in [-0.05, 0) is 31.5 Å². The van der Waals surface area contributed by atoms with Crippen molar-refractivity contribution in [3.05, 3.63) is 51.4 Å². The van der Waals surface area contributed by atoms with Gasteiger partial charge < -0.3 is 9.84 Å². The second kappa shape index (κ2) is 9.14. The van der Waals surface area contributed by atoms with Crippen LogP contribution in [0.2, 0.25) is 0 Å². The molecule has 0 aliphatic carbocycles. The van der Waals surface area contributed by atoms with Gasteiger partial charge in [0.1, 0.15) is 5.69 Å². The van der Waals surface area contributed by atoms with Gasteiger partial charge in [0, 0.05) is 12.2 Å². The molecule has 0 bridgehead atoms. The Morgan fingerprint density at radius 1 is 1.23 bits per heavy atom. The van der Waals surface area contributed by atoms with Gasteiger partial charge in [-0.3, -0.25) is 14.6 Å². The van der Waals surface area contributed by atoms with Gasteiger partial charge in [0.25, 0.3) is 5.56 Å². The van der Waals surface area contributed by atoms with Crippen molar-refractivity contribution < 1.29 is 19.4 Å². The molecule has 0 amide bonds. The van der Waals surface area contributed by atoms with Crippen molar-refractivity contribution in [2.24, 2.45) is 0 Å². The number of aromatic nitrogens is 3. The Morgan fingerprint density at radius 2 is 1.92 bits per heavy atom. The van der Waals surface area contributed by atoms with Crippen LogP contribution in [0.5, 0.6) is 0 Å². The highest BCUT2D eigenvalue weighted by Gasteiger charge is 2.11. The number of carbonyl (C=O) groups is 2. The molecule has 0 saturated carbocycles. The lowest BCUT2D eigenvalue weighted by atomic mass is 10.1. The number of carboxylic acids is 1. The van der Waals surface area contributed by atoms with E-state index in [2.05, 4.69) is 15.2 Å². The SMILES string of the molecule is CC(C)OC(=O)CCc1nnc(SCc2ccc(C(=O)O)cc2)[nH]c1=O. The molecule has 1 heterocycles. The summed E-state index contributed by atoms with van der Waals surface area (Å²) in [4.78, 5) is 37.0. The number of hydrogen-bond donors (Lipinski definition) is 2. The van der Waals surface area contributed by atoms with Crippen LogP contribution < -0.4 is 5.56 Å². The minimum atomic E-state index is -0.979. The molecule has 8 nitrogen and oxygen atoms in total. The number of thioether (sulfide) groups is 1. The molecule has 9 heteroatoms. The Labute approximate surface area is 154 Å². The summed E-state index contributed by atoms with van der Waals surface area (Å²) in [5, 5.41) is 17.1. The van der Waals surface area contributed by atoms with Crippen molar-refractivity contribution in [1.82, 2.24) is 15.2 Å². The van der Waals surface area contributed by atoms with E-state index in [0.717, 1.165) is 5.56 Å². The standard InChI is InChI=1S/C17H19N3O5S/c1-10(2)25-14(21)8-7-13-15(22)18-17(20-19-13)26-9-11-3-5-12(6-4-11)16(23)24/h3-6,10H,7-9H2,1-2H3,(H,23,24)(H,18,20,22). The average molecular weight is 377 g/mol. The number of carboxylic acid groups (broad SMARTS) is 1. The minimum absolute atomic E-state index is 0.0678. The van der Waals surface area contributed by atoms with Crippen molar-refractivity contribution in [2.45, 2.75) is 43.7 Å². The Balaban J connectivity index is 1.91. The van der Waals surface area contributed by atoms with Crippen LogP contribution in [0.4, 0.5) is 0 Å². The molecule has 26 heavy (non-hydrogen) atoms. The molecular weight excluding hydrogens is 358 g/mol. The van der Waals surface area contributed by atoms with Crippen molar-refractivity contribution in [2.75, 3.05) is 0 Å². The molecule has 0 aliphatic heterocycles. The second-order valence-electron chi connectivity index (χ2n) is 5.74. The van der Waals surface area contributed by atoms with Crippen molar-refractivity contribution >= 4 is 23.7 Å². The molecule has 138 valence electrons. The molecule has 2 rings (SSSR count). The summed E-state index contributed by atoms with van der Waals surface area (Å²) in [5.74, 6) is -0.860. The number of aromatic carboxylic acids is 1. The summed E-state index contributed by atoms with van der Waals surface area (Å²) in [6.07, 6.45) is 0.0311. The molecule has 0 atom stereocenters. The number of ether oxygens (including phenoxy) is 1. The largest absolute Gasteiger partial charge is 0.478 e. The number of esters is 1.